The molecule has 1 aliphatic heterocycles. The lowest BCUT2D eigenvalue weighted by atomic mass is 10.2. The minimum Gasteiger partial charge on any atom is -0.389 e. The molecule has 0 saturated heterocycles. The molecule has 106 valence electrons. The third-order valence-corrected chi connectivity index (χ3v) is 3.41. The van der Waals surface area contributed by atoms with E-state index in [0.29, 0.717) is 23.0 Å². The van der Waals surface area contributed by atoms with Gasteiger partial charge >= 0.3 is 0 Å². The number of carbonyl (C=O) groups is 1. The summed E-state index contributed by atoms with van der Waals surface area (Å²) in [6.45, 7) is 2.02. The van der Waals surface area contributed by atoms with E-state index in [1.807, 2.05) is 29.6 Å². The van der Waals surface area contributed by atoms with Crippen molar-refractivity contribution in [2.45, 2.75) is 13.3 Å². The first-order valence-electron chi connectivity index (χ1n) is 6.07. The lowest BCUT2D eigenvalue weighted by molar-refractivity contribution is -0.113. The van der Waals surface area contributed by atoms with Crippen molar-refractivity contribution in [1.29, 1.82) is 0 Å². The highest BCUT2D eigenvalue weighted by molar-refractivity contribution is 7.13. The monoisotopic (exact) mass is 292 g/mol. The third kappa shape index (κ3) is 3.67. The molecule has 0 radical (unpaired) electrons. The average molecular weight is 292 g/mol. The Kier molecular flexibility index (Phi) is 4.52. The van der Waals surface area contributed by atoms with Gasteiger partial charge < -0.3 is 15.5 Å². The van der Waals surface area contributed by atoms with Crippen molar-refractivity contribution in [2.24, 2.45) is 5.16 Å². The molecule has 1 aromatic rings. The standard InChI is InChI=1S/C13H16N4O2S/c1-9(12-8-20-13(14)15-12)16-19-7-10-6-11(18)4-3-5-17(10)2/h3,5-6,8H,4,7H2,1-2H3,(H2,14,15)/b16-9-. The summed E-state index contributed by atoms with van der Waals surface area (Å²) < 4.78 is 0. The molecule has 2 N–H and O–H groups in total. The van der Waals surface area contributed by atoms with Gasteiger partial charge in [-0.3, -0.25) is 4.79 Å². The topological polar surface area (TPSA) is 80.8 Å². The molecule has 0 aliphatic carbocycles. The van der Waals surface area contributed by atoms with Crippen LogP contribution < -0.4 is 5.73 Å². The van der Waals surface area contributed by atoms with Crippen molar-refractivity contribution >= 4 is 28.0 Å². The Morgan fingerprint density at radius 3 is 3.15 bits per heavy atom. The SMILES string of the molecule is C/C(=N/OCC1=CC(=O)CC=CN1C)c1csc(N)n1. The van der Waals surface area contributed by atoms with E-state index in [2.05, 4.69) is 10.1 Å². The first kappa shape index (κ1) is 14.3. The molecule has 6 nitrogen and oxygen atoms in total. The van der Waals surface area contributed by atoms with Crippen LogP contribution in [0.4, 0.5) is 5.13 Å². The first-order valence-corrected chi connectivity index (χ1v) is 6.95. The number of nitrogens with two attached hydrogens (primary N) is 1. The molecular weight excluding hydrogens is 276 g/mol. The molecule has 0 unspecified atom stereocenters. The zero-order chi connectivity index (χ0) is 14.5. The fourth-order valence-electron chi connectivity index (χ4n) is 1.61. The van der Waals surface area contributed by atoms with Gasteiger partial charge in [0.15, 0.2) is 17.5 Å². The van der Waals surface area contributed by atoms with Crippen LogP contribution in [0.15, 0.2) is 34.6 Å². The number of anilines is 1. The lowest BCUT2D eigenvalue weighted by Crippen LogP contribution is -2.14. The minimum atomic E-state index is 0.0529. The number of rotatable bonds is 4. The van der Waals surface area contributed by atoms with Crippen LogP contribution in [0.3, 0.4) is 0 Å². The van der Waals surface area contributed by atoms with E-state index in [9.17, 15) is 4.79 Å². The summed E-state index contributed by atoms with van der Waals surface area (Å²) in [7, 11) is 1.86. The summed E-state index contributed by atoms with van der Waals surface area (Å²) in [4.78, 5) is 22.7. The number of oxime groups is 1. The van der Waals surface area contributed by atoms with Gasteiger partial charge in [0.05, 0.1) is 5.70 Å². The first-order chi connectivity index (χ1) is 9.56. The molecular formula is C13H16N4O2S. The van der Waals surface area contributed by atoms with Crippen molar-refractivity contribution in [1.82, 2.24) is 9.88 Å². The van der Waals surface area contributed by atoms with Crippen LogP contribution in [0.1, 0.15) is 19.0 Å². The van der Waals surface area contributed by atoms with Gasteiger partial charge in [-0.05, 0) is 13.1 Å². The molecule has 0 fully saturated rings. The number of nitrogens with zero attached hydrogens (tertiary/aromatic N) is 3. The Hall–Kier alpha value is -2.15. The molecule has 0 spiro atoms. The zero-order valence-electron chi connectivity index (χ0n) is 11.4. The second-order valence-electron chi connectivity index (χ2n) is 4.32. The maximum absolute atomic E-state index is 11.5. The van der Waals surface area contributed by atoms with Crippen molar-refractivity contribution in [3.63, 3.8) is 0 Å². The summed E-state index contributed by atoms with van der Waals surface area (Å²) in [5.41, 5.74) is 7.68. The molecule has 2 rings (SSSR count). The summed E-state index contributed by atoms with van der Waals surface area (Å²) in [6, 6.07) is 0. The van der Waals surface area contributed by atoms with E-state index in [-0.39, 0.29) is 12.4 Å². The zero-order valence-corrected chi connectivity index (χ0v) is 12.2. The van der Waals surface area contributed by atoms with Crippen LogP contribution in [-0.4, -0.2) is 35.0 Å². The molecule has 7 heteroatoms. The third-order valence-electron chi connectivity index (χ3n) is 2.74. The molecule has 0 aromatic carbocycles. The van der Waals surface area contributed by atoms with Gasteiger partial charge in [-0.2, -0.15) is 0 Å². The van der Waals surface area contributed by atoms with Gasteiger partial charge in [-0.15, -0.1) is 11.3 Å². The number of hydrogen-bond acceptors (Lipinski definition) is 7. The average Bonchev–Trinajstić information content (AvgIpc) is 2.77. The summed E-state index contributed by atoms with van der Waals surface area (Å²) in [5, 5.41) is 6.31. The highest BCUT2D eigenvalue weighted by Crippen LogP contribution is 2.13. The Morgan fingerprint density at radius 2 is 2.45 bits per heavy atom. The number of thiazole rings is 1. The highest BCUT2D eigenvalue weighted by atomic mass is 32.1. The number of likely N-dealkylation sites (N-methyl/N-ethyl adjacent to an activating group) is 1. The number of carbonyl (C=O) groups excluding carboxylic acids is 1. The van der Waals surface area contributed by atoms with Crippen LogP contribution in [-0.2, 0) is 9.63 Å². The van der Waals surface area contributed by atoms with Crippen LogP contribution in [0.25, 0.3) is 0 Å². The van der Waals surface area contributed by atoms with Crippen LogP contribution in [0.2, 0.25) is 0 Å². The Balaban J connectivity index is 1.98. The quantitative estimate of drug-likeness (QED) is 0.675. The number of nitrogen functional groups attached to an aromatic ring is 1. The maximum Gasteiger partial charge on any atom is 0.180 e. The molecule has 0 atom stereocenters. The number of allylic oxidation sites excluding steroid dienone is 2. The van der Waals surface area contributed by atoms with Gasteiger partial charge in [-0.25, -0.2) is 4.98 Å². The van der Waals surface area contributed by atoms with E-state index in [1.165, 1.54) is 11.3 Å². The minimum absolute atomic E-state index is 0.0529. The summed E-state index contributed by atoms with van der Waals surface area (Å²) in [5.74, 6) is 0.0529. The largest absolute Gasteiger partial charge is 0.389 e. The molecule has 20 heavy (non-hydrogen) atoms. The Morgan fingerprint density at radius 1 is 1.65 bits per heavy atom. The molecule has 0 saturated carbocycles. The van der Waals surface area contributed by atoms with Gasteiger partial charge in [0.2, 0.25) is 0 Å². The second-order valence-corrected chi connectivity index (χ2v) is 5.21. The smallest absolute Gasteiger partial charge is 0.180 e. The van der Waals surface area contributed by atoms with Crippen molar-refractivity contribution in [3.8, 4) is 0 Å². The van der Waals surface area contributed by atoms with E-state index < -0.39 is 0 Å². The van der Waals surface area contributed by atoms with E-state index >= 15 is 0 Å². The van der Waals surface area contributed by atoms with Crippen LogP contribution >= 0.6 is 11.3 Å². The van der Waals surface area contributed by atoms with E-state index in [0.717, 1.165) is 5.70 Å². The Bertz CT molecular complexity index is 589. The van der Waals surface area contributed by atoms with Crippen LogP contribution in [0.5, 0.6) is 0 Å². The van der Waals surface area contributed by atoms with Crippen LogP contribution in [0, 0.1) is 0 Å². The van der Waals surface area contributed by atoms with Gasteiger partial charge in [0.1, 0.15) is 11.4 Å². The number of ketones is 1. The maximum atomic E-state index is 11.5. The lowest BCUT2D eigenvalue weighted by Gasteiger charge is -2.15. The number of aromatic nitrogens is 1. The van der Waals surface area contributed by atoms with Crippen molar-refractivity contribution < 1.29 is 9.63 Å². The molecule has 0 bridgehead atoms. The van der Waals surface area contributed by atoms with E-state index in [4.69, 9.17) is 10.6 Å². The van der Waals surface area contributed by atoms with Crippen molar-refractivity contribution in [3.05, 3.63) is 35.1 Å². The fourth-order valence-corrected chi connectivity index (χ4v) is 2.22. The second kappa shape index (κ2) is 6.33. The van der Waals surface area contributed by atoms with Gasteiger partial charge in [0.25, 0.3) is 0 Å². The van der Waals surface area contributed by atoms with E-state index in [1.54, 1.807) is 13.0 Å². The van der Waals surface area contributed by atoms with Gasteiger partial charge in [-0.1, -0.05) is 11.2 Å². The molecule has 2 heterocycles. The fraction of sp³-hybridized carbons (Fsp3) is 0.308. The molecule has 1 aromatic heterocycles. The predicted molar refractivity (Wildman–Crippen MR) is 79.3 cm³/mol. The molecule has 1 aliphatic rings. The highest BCUT2D eigenvalue weighted by Gasteiger charge is 2.10. The normalized spacial score (nSPS) is 16.1. The summed E-state index contributed by atoms with van der Waals surface area (Å²) in [6.07, 6.45) is 5.65. The van der Waals surface area contributed by atoms with Gasteiger partial charge in [0, 0.05) is 24.9 Å². The Labute approximate surface area is 121 Å². The summed E-state index contributed by atoms with van der Waals surface area (Å²) >= 11 is 1.35. The van der Waals surface area contributed by atoms with Crippen molar-refractivity contribution in [2.75, 3.05) is 19.4 Å². The predicted octanol–water partition coefficient (Wildman–Crippen LogP) is 1.77. The number of hydrogen-bond donors (Lipinski definition) is 1. The molecule has 0 amide bonds.